The predicted molar refractivity (Wildman–Crippen MR) is 39.7 cm³/mol. The lowest BCUT2D eigenvalue weighted by atomic mass is 10.1. The van der Waals surface area contributed by atoms with Crippen molar-refractivity contribution in [3.63, 3.8) is 0 Å². The minimum Gasteiger partial charge on any atom is -0.396 e. The molecule has 1 aliphatic rings. The fraction of sp³-hybridized carbons (Fsp3) is 1.00. The molecule has 0 aliphatic heterocycles. The van der Waals surface area contributed by atoms with Crippen LogP contribution in [0.1, 0.15) is 19.3 Å². The summed E-state index contributed by atoms with van der Waals surface area (Å²) in [6.45, 7) is 0.327. The van der Waals surface area contributed by atoms with E-state index < -0.39 is 0 Å². The predicted octanol–water partition coefficient (Wildman–Crippen LogP) is 0.528. The van der Waals surface area contributed by atoms with Crippen LogP contribution >= 0.6 is 12.4 Å². The molecule has 0 amide bonds. The summed E-state index contributed by atoms with van der Waals surface area (Å²) in [5, 5.41) is 8.63. The molecule has 0 bridgehead atoms. The Morgan fingerprint density at radius 1 is 1.44 bits per heavy atom. The molecule has 1 aliphatic carbocycles. The Morgan fingerprint density at radius 2 is 2.11 bits per heavy atom. The SMILES string of the molecule is Cl.N[C@@H]1CC[C@H](CO)C1. The molecule has 1 rings (SSSR count). The second kappa shape index (κ2) is 4.09. The van der Waals surface area contributed by atoms with Crippen molar-refractivity contribution in [1.82, 2.24) is 0 Å². The van der Waals surface area contributed by atoms with Gasteiger partial charge < -0.3 is 10.8 Å². The van der Waals surface area contributed by atoms with Crippen LogP contribution in [0.5, 0.6) is 0 Å². The molecule has 3 N–H and O–H groups in total. The Hall–Kier alpha value is 0.210. The monoisotopic (exact) mass is 151 g/mol. The van der Waals surface area contributed by atoms with E-state index in [1.807, 2.05) is 0 Å². The average Bonchev–Trinajstić information content (AvgIpc) is 2.14. The van der Waals surface area contributed by atoms with Crippen LogP contribution < -0.4 is 5.73 Å². The minimum absolute atomic E-state index is 0. The van der Waals surface area contributed by atoms with Gasteiger partial charge in [-0.25, -0.2) is 0 Å². The molecule has 0 heterocycles. The number of halogens is 1. The molecule has 1 saturated carbocycles. The maximum atomic E-state index is 8.63. The summed E-state index contributed by atoms with van der Waals surface area (Å²) in [6.07, 6.45) is 3.25. The number of aliphatic hydroxyl groups is 1. The van der Waals surface area contributed by atoms with Crippen LogP contribution in [-0.2, 0) is 0 Å². The topological polar surface area (TPSA) is 46.2 Å². The molecule has 1 fully saturated rings. The number of hydrogen-bond donors (Lipinski definition) is 2. The second-order valence-electron chi connectivity index (χ2n) is 2.62. The van der Waals surface area contributed by atoms with Crippen molar-refractivity contribution in [1.29, 1.82) is 0 Å². The lowest BCUT2D eigenvalue weighted by Crippen LogP contribution is -2.15. The van der Waals surface area contributed by atoms with E-state index in [0.717, 1.165) is 19.3 Å². The summed E-state index contributed by atoms with van der Waals surface area (Å²) in [6, 6.07) is 0.368. The molecule has 0 spiro atoms. The Bertz CT molecular complexity index is 79.5. The van der Waals surface area contributed by atoms with Gasteiger partial charge in [-0.15, -0.1) is 12.4 Å². The van der Waals surface area contributed by atoms with Crippen molar-refractivity contribution in [3.05, 3.63) is 0 Å². The summed E-state index contributed by atoms with van der Waals surface area (Å²) in [7, 11) is 0. The van der Waals surface area contributed by atoms with Gasteiger partial charge in [0.05, 0.1) is 0 Å². The van der Waals surface area contributed by atoms with Gasteiger partial charge in [0.25, 0.3) is 0 Å². The van der Waals surface area contributed by atoms with Gasteiger partial charge in [-0.05, 0) is 25.2 Å². The molecular weight excluding hydrogens is 138 g/mol. The molecule has 0 unspecified atom stereocenters. The maximum Gasteiger partial charge on any atom is 0.0459 e. The Balaban J connectivity index is 0.000000640. The van der Waals surface area contributed by atoms with Gasteiger partial charge in [-0.1, -0.05) is 0 Å². The van der Waals surface area contributed by atoms with E-state index in [9.17, 15) is 0 Å². The third-order valence-corrected chi connectivity index (χ3v) is 1.84. The lowest BCUT2D eigenvalue weighted by molar-refractivity contribution is 0.229. The molecule has 0 radical (unpaired) electrons. The van der Waals surface area contributed by atoms with Crippen LogP contribution in [-0.4, -0.2) is 17.8 Å². The van der Waals surface area contributed by atoms with Crippen molar-refractivity contribution >= 4 is 12.4 Å². The molecule has 0 aromatic carbocycles. The van der Waals surface area contributed by atoms with Crippen molar-refractivity contribution in [3.8, 4) is 0 Å². The summed E-state index contributed by atoms with van der Waals surface area (Å²) in [4.78, 5) is 0. The van der Waals surface area contributed by atoms with E-state index in [1.54, 1.807) is 0 Å². The average molecular weight is 152 g/mol. The van der Waals surface area contributed by atoms with Crippen molar-refractivity contribution in [2.45, 2.75) is 25.3 Å². The highest BCUT2D eigenvalue weighted by atomic mass is 35.5. The van der Waals surface area contributed by atoms with Gasteiger partial charge in [-0.3, -0.25) is 0 Å². The Kier molecular flexibility index (Phi) is 4.19. The first-order chi connectivity index (χ1) is 3.83. The Labute approximate surface area is 61.8 Å². The summed E-state index contributed by atoms with van der Waals surface area (Å²) in [5.74, 6) is 0.505. The molecule has 9 heavy (non-hydrogen) atoms. The fourth-order valence-electron chi connectivity index (χ4n) is 1.28. The third-order valence-electron chi connectivity index (χ3n) is 1.84. The number of aliphatic hydroxyl groups excluding tert-OH is 1. The van der Waals surface area contributed by atoms with E-state index >= 15 is 0 Å². The number of rotatable bonds is 1. The summed E-state index contributed by atoms with van der Waals surface area (Å²) < 4.78 is 0. The van der Waals surface area contributed by atoms with Gasteiger partial charge in [0, 0.05) is 12.6 Å². The smallest absolute Gasteiger partial charge is 0.0459 e. The molecular formula is C6H14ClNO. The van der Waals surface area contributed by atoms with E-state index in [0.29, 0.717) is 18.6 Å². The zero-order valence-electron chi connectivity index (χ0n) is 5.42. The number of hydrogen-bond acceptors (Lipinski definition) is 2. The van der Waals surface area contributed by atoms with Crippen LogP contribution in [0.3, 0.4) is 0 Å². The Morgan fingerprint density at radius 3 is 2.33 bits per heavy atom. The second-order valence-corrected chi connectivity index (χ2v) is 2.62. The molecule has 2 atom stereocenters. The molecule has 0 aromatic rings. The van der Waals surface area contributed by atoms with Crippen LogP contribution in [0, 0.1) is 5.92 Å². The van der Waals surface area contributed by atoms with Gasteiger partial charge >= 0.3 is 0 Å². The zero-order valence-corrected chi connectivity index (χ0v) is 6.23. The molecule has 56 valence electrons. The molecule has 0 aromatic heterocycles. The van der Waals surface area contributed by atoms with Crippen molar-refractivity contribution in [2.24, 2.45) is 11.7 Å². The van der Waals surface area contributed by atoms with Gasteiger partial charge in [0.1, 0.15) is 0 Å². The highest BCUT2D eigenvalue weighted by molar-refractivity contribution is 5.85. The third kappa shape index (κ3) is 2.52. The number of nitrogens with two attached hydrogens (primary N) is 1. The summed E-state index contributed by atoms with van der Waals surface area (Å²) >= 11 is 0. The first kappa shape index (κ1) is 9.21. The molecule has 0 saturated heterocycles. The first-order valence-corrected chi connectivity index (χ1v) is 3.19. The highest BCUT2D eigenvalue weighted by Crippen LogP contribution is 2.22. The first-order valence-electron chi connectivity index (χ1n) is 3.19. The van der Waals surface area contributed by atoms with Crippen LogP contribution in [0.2, 0.25) is 0 Å². The van der Waals surface area contributed by atoms with Crippen LogP contribution in [0.25, 0.3) is 0 Å². The van der Waals surface area contributed by atoms with Gasteiger partial charge in [0.15, 0.2) is 0 Å². The van der Waals surface area contributed by atoms with E-state index in [-0.39, 0.29) is 12.4 Å². The van der Waals surface area contributed by atoms with Crippen molar-refractivity contribution < 1.29 is 5.11 Å². The highest BCUT2D eigenvalue weighted by Gasteiger charge is 2.19. The minimum atomic E-state index is 0. The van der Waals surface area contributed by atoms with Crippen LogP contribution in [0.15, 0.2) is 0 Å². The summed E-state index contributed by atoms with van der Waals surface area (Å²) in [5.41, 5.74) is 5.59. The standard InChI is InChI=1S/C6H13NO.ClH/c7-6-2-1-5(3-6)4-8;/h5-6,8H,1-4,7H2;1H/t5-,6+;/m0./s1. The van der Waals surface area contributed by atoms with Crippen molar-refractivity contribution in [2.75, 3.05) is 6.61 Å². The molecule has 3 heteroatoms. The normalized spacial score (nSPS) is 34.0. The molecule has 2 nitrogen and oxygen atoms in total. The van der Waals surface area contributed by atoms with E-state index in [4.69, 9.17) is 10.8 Å². The maximum absolute atomic E-state index is 8.63. The van der Waals surface area contributed by atoms with Gasteiger partial charge in [0.2, 0.25) is 0 Å². The van der Waals surface area contributed by atoms with E-state index in [1.165, 1.54) is 0 Å². The lowest BCUT2D eigenvalue weighted by Gasteiger charge is -2.01. The fourth-order valence-corrected chi connectivity index (χ4v) is 1.28. The van der Waals surface area contributed by atoms with Gasteiger partial charge in [-0.2, -0.15) is 0 Å². The largest absolute Gasteiger partial charge is 0.396 e. The quantitative estimate of drug-likeness (QED) is 0.575. The van der Waals surface area contributed by atoms with Crippen LogP contribution in [0.4, 0.5) is 0 Å². The zero-order chi connectivity index (χ0) is 5.98. The van der Waals surface area contributed by atoms with E-state index in [2.05, 4.69) is 0 Å².